The maximum Gasteiger partial charge on any atom is 0.257 e. The first-order chi connectivity index (χ1) is 9.60. The van der Waals surface area contributed by atoms with Crippen LogP contribution in [0.15, 0.2) is 35.5 Å². The van der Waals surface area contributed by atoms with E-state index in [1.54, 1.807) is 42.4 Å². The fraction of sp³-hybridized carbons (Fsp3) is 0.231. The summed E-state index contributed by atoms with van der Waals surface area (Å²) in [6.45, 7) is 1.18. The summed E-state index contributed by atoms with van der Waals surface area (Å²) in [5.74, 6) is -0.294. The van der Waals surface area contributed by atoms with Crippen molar-refractivity contribution >= 4 is 35.8 Å². The maximum atomic E-state index is 12.1. The average Bonchev–Trinajstić information content (AvgIpc) is 2.86. The number of methoxy groups -OCH3 is 1. The molecule has 106 valence electrons. The molecule has 0 aliphatic carbocycles. The summed E-state index contributed by atoms with van der Waals surface area (Å²) in [6.07, 6.45) is 3.31. The van der Waals surface area contributed by atoms with Crippen LogP contribution in [0.2, 0.25) is 5.02 Å². The van der Waals surface area contributed by atoms with E-state index in [9.17, 15) is 4.79 Å². The molecule has 0 radical (unpaired) electrons. The third-order valence-electron chi connectivity index (χ3n) is 2.61. The Bertz CT molecular complexity index is 615. The van der Waals surface area contributed by atoms with Crippen LogP contribution in [0.5, 0.6) is 0 Å². The fourth-order valence-electron chi connectivity index (χ4n) is 1.62. The highest BCUT2D eigenvalue weighted by molar-refractivity contribution is 7.80. The first-order valence-electron chi connectivity index (χ1n) is 5.91. The van der Waals surface area contributed by atoms with Gasteiger partial charge in [-0.2, -0.15) is 5.10 Å². The lowest BCUT2D eigenvalue weighted by molar-refractivity contribution is 0.102. The number of benzene rings is 1. The molecule has 1 aromatic carbocycles. The van der Waals surface area contributed by atoms with E-state index in [1.165, 1.54) is 0 Å². The van der Waals surface area contributed by atoms with Gasteiger partial charge in [-0.15, -0.1) is 12.6 Å². The number of ether oxygens (including phenoxy) is 1. The molecule has 1 N–H and O–H groups in total. The lowest BCUT2D eigenvalue weighted by Gasteiger charge is -2.05. The number of carbonyl (C=O) groups is 1. The number of amides is 1. The summed E-state index contributed by atoms with van der Waals surface area (Å²) < 4.78 is 6.65. The summed E-state index contributed by atoms with van der Waals surface area (Å²) in [5, 5.41) is 7.24. The number of hydrogen-bond donors (Lipinski definition) is 2. The second-order valence-corrected chi connectivity index (χ2v) is 5.03. The van der Waals surface area contributed by atoms with Gasteiger partial charge in [-0.05, 0) is 18.2 Å². The smallest absolute Gasteiger partial charge is 0.257 e. The molecular weight excluding hydrogens is 298 g/mol. The molecule has 0 spiro atoms. The van der Waals surface area contributed by atoms with Gasteiger partial charge in [-0.1, -0.05) is 11.6 Å². The van der Waals surface area contributed by atoms with E-state index < -0.39 is 0 Å². The predicted molar refractivity (Wildman–Crippen MR) is 80.8 cm³/mol. The lowest BCUT2D eigenvalue weighted by atomic mass is 10.2. The zero-order chi connectivity index (χ0) is 14.5. The van der Waals surface area contributed by atoms with Gasteiger partial charge in [0.2, 0.25) is 0 Å². The van der Waals surface area contributed by atoms with E-state index in [4.69, 9.17) is 16.3 Å². The third-order valence-corrected chi connectivity index (χ3v) is 3.22. The minimum Gasteiger partial charge on any atom is -0.383 e. The van der Waals surface area contributed by atoms with Crippen LogP contribution >= 0.6 is 24.2 Å². The molecule has 0 unspecified atom stereocenters. The molecule has 0 bridgehead atoms. The molecule has 0 aliphatic rings. The third kappa shape index (κ3) is 3.75. The summed E-state index contributed by atoms with van der Waals surface area (Å²) in [6, 6.07) is 4.99. The summed E-state index contributed by atoms with van der Waals surface area (Å²) in [4.78, 5) is 12.8. The number of nitrogens with one attached hydrogen (secondary N) is 1. The predicted octanol–water partition coefficient (Wildman–Crippen LogP) is 2.72. The van der Waals surface area contributed by atoms with Crippen molar-refractivity contribution < 1.29 is 9.53 Å². The van der Waals surface area contributed by atoms with Crippen molar-refractivity contribution in [3.63, 3.8) is 0 Å². The largest absolute Gasteiger partial charge is 0.383 e. The number of hydrogen-bond acceptors (Lipinski definition) is 4. The van der Waals surface area contributed by atoms with E-state index in [0.29, 0.717) is 34.3 Å². The highest BCUT2D eigenvalue weighted by atomic mass is 35.5. The molecule has 0 saturated carbocycles. The summed E-state index contributed by atoms with van der Waals surface area (Å²) in [7, 11) is 1.62. The van der Waals surface area contributed by atoms with Gasteiger partial charge in [0.25, 0.3) is 5.91 Å². The Kier molecular flexibility index (Phi) is 5.05. The molecule has 2 rings (SSSR count). The Balaban J connectivity index is 2.07. The van der Waals surface area contributed by atoms with Gasteiger partial charge in [0.15, 0.2) is 0 Å². The SMILES string of the molecule is COCCn1cc(NC(=O)c2cc(S)ccc2Cl)cn1. The lowest BCUT2D eigenvalue weighted by Crippen LogP contribution is -2.12. The zero-order valence-electron chi connectivity index (χ0n) is 10.8. The molecule has 1 heterocycles. The average molecular weight is 312 g/mol. The van der Waals surface area contributed by atoms with Gasteiger partial charge >= 0.3 is 0 Å². The quantitative estimate of drug-likeness (QED) is 0.835. The molecule has 0 atom stereocenters. The molecule has 0 fully saturated rings. The van der Waals surface area contributed by atoms with Gasteiger partial charge in [0, 0.05) is 18.2 Å². The molecular formula is C13H14ClN3O2S. The Morgan fingerprint density at radius 3 is 3.10 bits per heavy atom. The van der Waals surface area contributed by atoms with Crippen molar-refractivity contribution in [2.24, 2.45) is 0 Å². The Hall–Kier alpha value is -1.50. The first kappa shape index (κ1) is 14.9. The van der Waals surface area contributed by atoms with Gasteiger partial charge in [0.1, 0.15) is 0 Å². The van der Waals surface area contributed by atoms with Crippen LogP contribution in [0.25, 0.3) is 0 Å². The molecule has 1 amide bonds. The Morgan fingerprint density at radius 2 is 2.35 bits per heavy atom. The van der Waals surface area contributed by atoms with Crippen LogP contribution in [0, 0.1) is 0 Å². The highest BCUT2D eigenvalue weighted by Crippen LogP contribution is 2.20. The number of nitrogens with zero attached hydrogens (tertiary/aromatic N) is 2. The van der Waals surface area contributed by atoms with Crippen LogP contribution in [0.4, 0.5) is 5.69 Å². The number of halogens is 1. The molecule has 0 saturated heterocycles. The zero-order valence-corrected chi connectivity index (χ0v) is 12.5. The summed E-state index contributed by atoms with van der Waals surface area (Å²) >= 11 is 10.2. The van der Waals surface area contributed by atoms with Crippen LogP contribution < -0.4 is 5.32 Å². The van der Waals surface area contributed by atoms with E-state index in [-0.39, 0.29) is 5.91 Å². The van der Waals surface area contributed by atoms with E-state index in [1.807, 2.05) is 0 Å². The van der Waals surface area contributed by atoms with E-state index in [2.05, 4.69) is 23.0 Å². The molecule has 0 aliphatic heterocycles. The van der Waals surface area contributed by atoms with Gasteiger partial charge in [-0.3, -0.25) is 9.48 Å². The Labute approximate surface area is 127 Å². The van der Waals surface area contributed by atoms with Crippen molar-refractivity contribution in [3.8, 4) is 0 Å². The Morgan fingerprint density at radius 1 is 1.55 bits per heavy atom. The van der Waals surface area contributed by atoms with Crippen LogP contribution in [-0.4, -0.2) is 29.4 Å². The van der Waals surface area contributed by atoms with Crippen molar-refractivity contribution in [3.05, 3.63) is 41.2 Å². The minimum absolute atomic E-state index is 0.294. The van der Waals surface area contributed by atoms with Crippen molar-refractivity contribution in [1.29, 1.82) is 0 Å². The van der Waals surface area contributed by atoms with Gasteiger partial charge in [0.05, 0.1) is 35.6 Å². The molecule has 2 aromatic rings. The number of carbonyl (C=O) groups excluding carboxylic acids is 1. The normalized spacial score (nSPS) is 10.6. The molecule has 1 aromatic heterocycles. The number of thiol groups is 1. The van der Waals surface area contributed by atoms with Crippen LogP contribution in [-0.2, 0) is 11.3 Å². The second-order valence-electron chi connectivity index (χ2n) is 4.10. The maximum absolute atomic E-state index is 12.1. The summed E-state index contributed by atoms with van der Waals surface area (Å²) in [5.41, 5.74) is 0.982. The van der Waals surface area contributed by atoms with Crippen molar-refractivity contribution in [2.45, 2.75) is 11.4 Å². The van der Waals surface area contributed by atoms with Crippen LogP contribution in [0.3, 0.4) is 0 Å². The molecule has 7 heteroatoms. The first-order valence-corrected chi connectivity index (χ1v) is 6.74. The van der Waals surface area contributed by atoms with Gasteiger partial charge < -0.3 is 10.1 Å². The second kappa shape index (κ2) is 6.78. The van der Waals surface area contributed by atoms with E-state index >= 15 is 0 Å². The van der Waals surface area contributed by atoms with Crippen LogP contribution in [0.1, 0.15) is 10.4 Å². The fourth-order valence-corrected chi connectivity index (χ4v) is 2.03. The standard InChI is InChI=1S/C13H14ClN3O2S/c1-19-5-4-17-8-9(7-15-17)16-13(18)11-6-10(20)2-3-12(11)14/h2-3,6-8,20H,4-5H2,1H3,(H,16,18). The number of aromatic nitrogens is 2. The topological polar surface area (TPSA) is 56.1 Å². The minimum atomic E-state index is -0.294. The molecule has 20 heavy (non-hydrogen) atoms. The number of rotatable bonds is 5. The highest BCUT2D eigenvalue weighted by Gasteiger charge is 2.12. The van der Waals surface area contributed by atoms with Crippen molar-refractivity contribution in [1.82, 2.24) is 9.78 Å². The van der Waals surface area contributed by atoms with E-state index in [0.717, 1.165) is 0 Å². The molecule has 5 nitrogen and oxygen atoms in total. The number of anilines is 1. The van der Waals surface area contributed by atoms with Crippen molar-refractivity contribution in [2.75, 3.05) is 19.0 Å². The van der Waals surface area contributed by atoms with Gasteiger partial charge in [-0.25, -0.2) is 0 Å². The monoisotopic (exact) mass is 311 g/mol.